The predicted molar refractivity (Wildman–Crippen MR) is 76.0 cm³/mol. The first-order chi connectivity index (χ1) is 9.63. The van der Waals surface area contributed by atoms with Gasteiger partial charge in [-0.1, -0.05) is 18.9 Å². The Morgan fingerprint density at radius 3 is 2.65 bits per heavy atom. The fraction of sp³-hybridized carbons (Fsp3) is 0.467. The number of carbonyl (C=O) groups is 2. The van der Waals surface area contributed by atoms with Crippen LogP contribution in [0.2, 0.25) is 0 Å². The van der Waals surface area contributed by atoms with E-state index in [2.05, 4.69) is 5.32 Å². The molecule has 1 amide bonds. The zero-order valence-electron chi connectivity index (χ0n) is 11.7. The largest absolute Gasteiger partial charge is 0.497 e. The van der Waals surface area contributed by atoms with Crippen LogP contribution in [0.25, 0.3) is 0 Å². The van der Waals surface area contributed by atoms with Gasteiger partial charge in [-0.25, -0.2) is 0 Å². The number of unbranched alkanes of at least 4 members (excludes halogenated alkanes) is 3. The molecule has 20 heavy (non-hydrogen) atoms. The van der Waals surface area contributed by atoms with Crippen LogP contribution < -0.4 is 10.1 Å². The van der Waals surface area contributed by atoms with Crippen molar-refractivity contribution in [1.82, 2.24) is 5.32 Å². The van der Waals surface area contributed by atoms with Gasteiger partial charge in [-0.3, -0.25) is 9.59 Å². The molecule has 0 spiro atoms. The van der Waals surface area contributed by atoms with Crippen LogP contribution in [-0.4, -0.2) is 30.6 Å². The highest BCUT2D eigenvalue weighted by atomic mass is 16.5. The molecule has 0 aliphatic rings. The summed E-state index contributed by atoms with van der Waals surface area (Å²) in [6, 6.07) is 7.01. The highest BCUT2D eigenvalue weighted by Crippen LogP contribution is 2.12. The minimum atomic E-state index is -0.753. The molecule has 110 valence electrons. The van der Waals surface area contributed by atoms with Crippen molar-refractivity contribution in [2.45, 2.75) is 32.1 Å². The van der Waals surface area contributed by atoms with Crippen molar-refractivity contribution in [3.8, 4) is 5.75 Å². The Bertz CT molecular complexity index is 445. The Balaban J connectivity index is 2.18. The summed E-state index contributed by atoms with van der Waals surface area (Å²) in [6.07, 6.45) is 3.57. The fourth-order valence-electron chi connectivity index (χ4n) is 1.82. The Morgan fingerprint density at radius 2 is 1.95 bits per heavy atom. The molecule has 0 saturated carbocycles. The van der Waals surface area contributed by atoms with Gasteiger partial charge in [0.25, 0.3) is 5.91 Å². The quantitative estimate of drug-likeness (QED) is 0.681. The third-order valence-electron chi connectivity index (χ3n) is 2.93. The number of hydrogen-bond donors (Lipinski definition) is 2. The minimum Gasteiger partial charge on any atom is -0.497 e. The van der Waals surface area contributed by atoms with E-state index in [4.69, 9.17) is 9.84 Å². The second kappa shape index (κ2) is 8.96. The van der Waals surface area contributed by atoms with Gasteiger partial charge in [-0.05, 0) is 31.0 Å². The van der Waals surface area contributed by atoms with Gasteiger partial charge < -0.3 is 15.2 Å². The molecule has 5 nitrogen and oxygen atoms in total. The highest BCUT2D eigenvalue weighted by molar-refractivity contribution is 5.94. The molecule has 0 aliphatic heterocycles. The Labute approximate surface area is 118 Å². The molecular weight excluding hydrogens is 258 g/mol. The van der Waals surface area contributed by atoms with Crippen molar-refractivity contribution in [1.29, 1.82) is 0 Å². The monoisotopic (exact) mass is 279 g/mol. The van der Waals surface area contributed by atoms with Gasteiger partial charge in [0.05, 0.1) is 7.11 Å². The van der Waals surface area contributed by atoms with Crippen LogP contribution in [-0.2, 0) is 4.79 Å². The van der Waals surface area contributed by atoms with Crippen molar-refractivity contribution in [3.63, 3.8) is 0 Å². The molecule has 2 N–H and O–H groups in total. The predicted octanol–water partition coefficient (Wildman–Crippen LogP) is 2.46. The highest BCUT2D eigenvalue weighted by Gasteiger charge is 2.05. The lowest BCUT2D eigenvalue weighted by atomic mass is 10.1. The van der Waals surface area contributed by atoms with Crippen LogP contribution in [0.5, 0.6) is 5.75 Å². The Hall–Kier alpha value is -2.04. The second-order valence-electron chi connectivity index (χ2n) is 4.55. The van der Waals surface area contributed by atoms with E-state index in [-0.39, 0.29) is 12.3 Å². The van der Waals surface area contributed by atoms with E-state index in [9.17, 15) is 9.59 Å². The summed E-state index contributed by atoms with van der Waals surface area (Å²) in [5.74, 6) is -0.211. The molecule has 1 aromatic carbocycles. The van der Waals surface area contributed by atoms with Crippen molar-refractivity contribution >= 4 is 11.9 Å². The average Bonchev–Trinajstić information content (AvgIpc) is 2.45. The molecule has 0 heterocycles. The lowest BCUT2D eigenvalue weighted by molar-refractivity contribution is -0.137. The van der Waals surface area contributed by atoms with Gasteiger partial charge >= 0.3 is 5.97 Å². The standard InChI is InChI=1S/C15H21NO4/c1-20-13-8-6-7-12(11-13)15(19)16-10-5-3-2-4-9-14(17)18/h6-8,11H,2-5,9-10H2,1H3,(H,16,19)(H,17,18). The number of carboxylic acids is 1. The third-order valence-corrected chi connectivity index (χ3v) is 2.93. The number of amides is 1. The van der Waals surface area contributed by atoms with Crippen molar-refractivity contribution in [2.24, 2.45) is 0 Å². The summed E-state index contributed by atoms with van der Waals surface area (Å²) in [4.78, 5) is 22.2. The molecule has 5 heteroatoms. The number of aliphatic carboxylic acids is 1. The number of carboxylic acid groups (broad SMARTS) is 1. The SMILES string of the molecule is COc1cccc(C(=O)NCCCCCCC(=O)O)c1. The molecule has 0 aliphatic carbocycles. The number of benzene rings is 1. The molecule has 0 fully saturated rings. The van der Waals surface area contributed by atoms with Crippen LogP contribution in [0.4, 0.5) is 0 Å². The maximum absolute atomic E-state index is 11.8. The lowest BCUT2D eigenvalue weighted by Gasteiger charge is -2.06. The molecule has 0 bridgehead atoms. The molecule has 1 aromatic rings. The summed E-state index contributed by atoms with van der Waals surface area (Å²) in [5.41, 5.74) is 0.579. The number of hydrogen-bond acceptors (Lipinski definition) is 3. The van der Waals surface area contributed by atoms with Gasteiger partial charge in [-0.15, -0.1) is 0 Å². The van der Waals surface area contributed by atoms with Crippen LogP contribution in [0.15, 0.2) is 24.3 Å². The van der Waals surface area contributed by atoms with E-state index in [0.29, 0.717) is 24.3 Å². The van der Waals surface area contributed by atoms with Gasteiger partial charge in [0, 0.05) is 18.5 Å². The molecule has 0 saturated heterocycles. The summed E-state index contributed by atoms with van der Waals surface area (Å²) in [5, 5.41) is 11.3. The lowest BCUT2D eigenvalue weighted by Crippen LogP contribution is -2.24. The summed E-state index contributed by atoms with van der Waals surface area (Å²) in [6.45, 7) is 0.600. The summed E-state index contributed by atoms with van der Waals surface area (Å²) in [7, 11) is 1.56. The van der Waals surface area contributed by atoms with E-state index in [0.717, 1.165) is 19.3 Å². The van der Waals surface area contributed by atoms with Crippen molar-refractivity contribution in [3.05, 3.63) is 29.8 Å². The smallest absolute Gasteiger partial charge is 0.303 e. The van der Waals surface area contributed by atoms with Gasteiger partial charge in [0.15, 0.2) is 0 Å². The van der Waals surface area contributed by atoms with Gasteiger partial charge in [-0.2, -0.15) is 0 Å². The zero-order valence-corrected chi connectivity index (χ0v) is 11.7. The maximum atomic E-state index is 11.8. The molecular formula is C15H21NO4. The minimum absolute atomic E-state index is 0.116. The third kappa shape index (κ3) is 6.22. The normalized spacial score (nSPS) is 10.1. The first kappa shape index (κ1) is 16.0. The number of methoxy groups -OCH3 is 1. The van der Waals surface area contributed by atoms with Crippen molar-refractivity contribution < 1.29 is 19.4 Å². The fourth-order valence-corrected chi connectivity index (χ4v) is 1.82. The zero-order chi connectivity index (χ0) is 14.8. The van der Waals surface area contributed by atoms with Gasteiger partial charge in [0.1, 0.15) is 5.75 Å². The molecule has 0 atom stereocenters. The number of nitrogens with one attached hydrogen (secondary N) is 1. The topological polar surface area (TPSA) is 75.6 Å². The van der Waals surface area contributed by atoms with Crippen LogP contribution >= 0.6 is 0 Å². The van der Waals surface area contributed by atoms with E-state index in [1.807, 2.05) is 0 Å². The van der Waals surface area contributed by atoms with E-state index in [1.165, 1.54) is 0 Å². The average molecular weight is 279 g/mol. The maximum Gasteiger partial charge on any atom is 0.303 e. The first-order valence-corrected chi connectivity index (χ1v) is 6.77. The molecule has 1 rings (SSSR count). The summed E-state index contributed by atoms with van der Waals surface area (Å²) >= 11 is 0. The van der Waals surface area contributed by atoms with E-state index in [1.54, 1.807) is 31.4 Å². The second-order valence-corrected chi connectivity index (χ2v) is 4.55. The summed E-state index contributed by atoms with van der Waals surface area (Å²) < 4.78 is 5.07. The first-order valence-electron chi connectivity index (χ1n) is 6.77. The van der Waals surface area contributed by atoms with E-state index >= 15 is 0 Å². The van der Waals surface area contributed by atoms with E-state index < -0.39 is 5.97 Å². The van der Waals surface area contributed by atoms with Crippen LogP contribution in [0, 0.1) is 0 Å². The number of ether oxygens (including phenoxy) is 1. The number of rotatable bonds is 9. The molecule has 0 aromatic heterocycles. The van der Waals surface area contributed by atoms with Crippen molar-refractivity contribution in [2.75, 3.05) is 13.7 Å². The molecule has 0 radical (unpaired) electrons. The molecule has 0 unspecified atom stereocenters. The van der Waals surface area contributed by atoms with Crippen LogP contribution in [0.3, 0.4) is 0 Å². The van der Waals surface area contributed by atoms with Gasteiger partial charge in [0.2, 0.25) is 0 Å². The Kier molecular flexibility index (Phi) is 7.17. The Morgan fingerprint density at radius 1 is 1.20 bits per heavy atom. The van der Waals surface area contributed by atoms with Crippen LogP contribution in [0.1, 0.15) is 42.5 Å². The number of carbonyl (C=O) groups excluding carboxylic acids is 1.